The van der Waals surface area contributed by atoms with E-state index < -0.39 is 0 Å². The summed E-state index contributed by atoms with van der Waals surface area (Å²) in [6.07, 6.45) is 9.92. The molecule has 1 saturated carbocycles. The van der Waals surface area contributed by atoms with E-state index in [1.165, 1.54) is 30.5 Å². The Morgan fingerprint density at radius 1 is 1.12 bits per heavy atom. The van der Waals surface area contributed by atoms with Crippen molar-refractivity contribution in [2.75, 3.05) is 32.0 Å². The van der Waals surface area contributed by atoms with Crippen LogP contribution < -0.4 is 5.73 Å². The van der Waals surface area contributed by atoms with E-state index in [0.717, 1.165) is 86.4 Å². The van der Waals surface area contributed by atoms with E-state index in [1.807, 2.05) is 6.20 Å². The molecule has 1 aliphatic heterocycles. The first kappa shape index (κ1) is 23.7. The van der Waals surface area contributed by atoms with E-state index in [1.54, 1.807) is 0 Å². The van der Waals surface area contributed by atoms with Crippen molar-refractivity contribution >= 4 is 16.7 Å². The Kier molecular flexibility index (Phi) is 8.37. The second-order valence-electron chi connectivity index (χ2n) is 9.27. The van der Waals surface area contributed by atoms with Crippen molar-refractivity contribution in [3.05, 3.63) is 47.8 Å². The first-order valence-corrected chi connectivity index (χ1v) is 12.5. The second kappa shape index (κ2) is 11.6. The van der Waals surface area contributed by atoms with Gasteiger partial charge in [0.25, 0.3) is 0 Å². The fourth-order valence-corrected chi connectivity index (χ4v) is 4.67. The highest BCUT2D eigenvalue weighted by molar-refractivity contribution is 5.97. The van der Waals surface area contributed by atoms with Crippen molar-refractivity contribution in [2.24, 2.45) is 0 Å². The number of aromatic nitrogens is 2. The Labute approximate surface area is 197 Å². The van der Waals surface area contributed by atoms with Gasteiger partial charge in [-0.2, -0.15) is 0 Å². The number of hydrogen-bond acceptors (Lipinski definition) is 5. The molecule has 0 atom stereocenters. The van der Waals surface area contributed by atoms with Crippen molar-refractivity contribution in [1.82, 2.24) is 14.9 Å². The van der Waals surface area contributed by atoms with Gasteiger partial charge in [0.15, 0.2) is 0 Å². The van der Waals surface area contributed by atoms with E-state index in [4.69, 9.17) is 15.6 Å². The number of aryl methyl sites for hydroxylation is 1. The average Bonchev–Trinajstić information content (AvgIpc) is 3.26. The molecule has 2 fully saturated rings. The summed E-state index contributed by atoms with van der Waals surface area (Å²) in [5, 5.41) is 9.93. The van der Waals surface area contributed by atoms with Crippen LogP contribution in [0.15, 0.2) is 36.5 Å². The quantitative estimate of drug-likeness (QED) is 0.514. The van der Waals surface area contributed by atoms with Gasteiger partial charge in [-0.05, 0) is 36.5 Å². The Morgan fingerprint density at radius 2 is 1.85 bits per heavy atom. The van der Waals surface area contributed by atoms with Crippen molar-refractivity contribution in [3.63, 3.8) is 0 Å². The van der Waals surface area contributed by atoms with Crippen LogP contribution in [0.5, 0.6) is 0 Å². The molecule has 3 heterocycles. The van der Waals surface area contributed by atoms with E-state index in [0.29, 0.717) is 0 Å². The zero-order valence-corrected chi connectivity index (χ0v) is 19.9. The minimum Gasteiger partial charge on any atom is -0.398 e. The molecule has 1 aliphatic carbocycles. The number of nitrogens with zero attached hydrogens (tertiary/aromatic N) is 2. The van der Waals surface area contributed by atoms with Gasteiger partial charge in [-0.1, -0.05) is 56.9 Å². The van der Waals surface area contributed by atoms with Crippen LogP contribution in [0.2, 0.25) is 0 Å². The van der Waals surface area contributed by atoms with Gasteiger partial charge >= 0.3 is 0 Å². The number of anilines is 1. The summed E-state index contributed by atoms with van der Waals surface area (Å²) < 4.78 is 5.41. The van der Waals surface area contributed by atoms with Gasteiger partial charge in [-0.25, -0.2) is 4.98 Å². The van der Waals surface area contributed by atoms with Crippen molar-refractivity contribution in [3.8, 4) is 11.1 Å². The summed E-state index contributed by atoms with van der Waals surface area (Å²) in [5.74, 6) is 0. The van der Waals surface area contributed by atoms with E-state index in [9.17, 15) is 0 Å². The highest BCUT2D eigenvalue weighted by atomic mass is 16.5. The third-order valence-electron chi connectivity index (χ3n) is 6.62. The number of ether oxygens (including phenoxy) is 1. The van der Waals surface area contributed by atoms with Crippen LogP contribution in [-0.2, 0) is 17.7 Å². The number of nitrogens with two attached hydrogens (primary N) is 1. The number of rotatable bonds is 5. The van der Waals surface area contributed by atoms with Gasteiger partial charge in [0, 0.05) is 42.5 Å². The Balaban J connectivity index is 0.000000318. The molecule has 4 N–H and O–H groups in total. The summed E-state index contributed by atoms with van der Waals surface area (Å²) in [7, 11) is 0. The first-order valence-electron chi connectivity index (χ1n) is 12.5. The van der Waals surface area contributed by atoms with Gasteiger partial charge in [0.05, 0.1) is 25.0 Å². The maximum absolute atomic E-state index is 8.91. The molecule has 1 saturated heterocycles. The summed E-state index contributed by atoms with van der Waals surface area (Å²) in [6.45, 7) is 6.81. The molecule has 0 radical (unpaired) electrons. The molecule has 178 valence electrons. The maximum atomic E-state index is 8.91. The molecule has 6 nitrogen and oxygen atoms in total. The fourth-order valence-electron chi connectivity index (χ4n) is 4.67. The van der Waals surface area contributed by atoms with Gasteiger partial charge in [-0.3, -0.25) is 4.90 Å². The molecule has 5 rings (SSSR count). The number of fused-ring (bicyclic) bond motifs is 1. The monoisotopic (exact) mass is 450 g/mol. The topological polar surface area (TPSA) is 87.4 Å². The van der Waals surface area contributed by atoms with Crippen LogP contribution in [0.25, 0.3) is 22.2 Å². The molecular weight excluding hydrogens is 412 g/mol. The molecule has 2 aliphatic rings. The lowest BCUT2D eigenvalue weighted by atomic mass is 9.98. The molecule has 3 aromatic rings. The van der Waals surface area contributed by atoms with E-state index in [2.05, 4.69) is 52.1 Å². The number of nitrogens with one attached hydrogen (secondary N) is 1. The fraction of sp³-hybridized carbons (Fsp3) is 0.519. The number of nitrogen functional groups attached to an aromatic ring is 1. The highest BCUT2D eigenvalue weighted by Gasteiger charge is 2.13. The van der Waals surface area contributed by atoms with Crippen LogP contribution >= 0.6 is 0 Å². The predicted octanol–water partition coefficient (Wildman–Crippen LogP) is 4.91. The van der Waals surface area contributed by atoms with Crippen LogP contribution in [-0.4, -0.2) is 52.4 Å². The Bertz CT molecular complexity index is 1000. The zero-order valence-electron chi connectivity index (χ0n) is 19.9. The Morgan fingerprint density at radius 3 is 2.48 bits per heavy atom. The van der Waals surface area contributed by atoms with Crippen molar-refractivity contribution in [1.29, 1.82) is 0 Å². The predicted molar refractivity (Wildman–Crippen MR) is 135 cm³/mol. The minimum atomic E-state index is 0.0359. The largest absolute Gasteiger partial charge is 0.398 e. The van der Waals surface area contributed by atoms with Gasteiger partial charge in [-0.15, -0.1) is 0 Å². The number of aliphatic hydroxyl groups excluding tert-OH is 1. The van der Waals surface area contributed by atoms with Gasteiger partial charge < -0.3 is 20.6 Å². The van der Waals surface area contributed by atoms with Gasteiger partial charge in [0.2, 0.25) is 0 Å². The minimum absolute atomic E-state index is 0.0359. The SMILES string of the molecule is CCCc1cc2c(N)c(-c3ccc(CN4CCOCC4)cc3)cnc2[nH]1.OC1CCCCC1. The molecule has 0 unspecified atom stereocenters. The maximum Gasteiger partial charge on any atom is 0.139 e. The average molecular weight is 451 g/mol. The smallest absolute Gasteiger partial charge is 0.139 e. The number of hydrogen-bond donors (Lipinski definition) is 3. The van der Waals surface area contributed by atoms with Crippen LogP contribution in [0.1, 0.15) is 56.7 Å². The number of H-pyrrole nitrogens is 1. The molecule has 33 heavy (non-hydrogen) atoms. The van der Waals surface area contributed by atoms with Crippen LogP contribution in [0, 0.1) is 0 Å². The lowest BCUT2D eigenvalue weighted by Crippen LogP contribution is -2.35. The van der Waals surface area contributed by atoms with Crippen LogP contribution in [0.4, 0.5) is 5.69 Å². The van der Waals surface area contributed by atoms with E-state index in [-0.39, 0.29) is 6.10 Å². The molecule has 0 bridgehead atoms. The Hall–Kier alpha value is -2.41. The summed E-state index contributed by atoms with van der Waals surface area (Å²) in [6, 6.07) is 10.8. The third kappa shape index (κ3) is 6.34. The van der Waals surface area contributed by atoms with Crippen LogP contribution in [0.3, 0.4) is 0 Å². The van der Waals surface area contributed by atoms with E-state index >= 15 is 0 Å². The number of benzene rings is 1. The van der Waals surface area contributed by atoms with Crippen molar-refractivity contribution < 1.29 is 9.84 Å². The standard InChI is InChI=1S/C21H26N4O.C6H12O/c1-2-3-17-12-18-20(22)19(13-23-21(18)24-17)16-6-4-15(5-7-16)14-25-8-10-26-11-9-25;7-6-4-2-1-3-5-6/h4-7,12-13H,2-3,8-11,14H2,1H3,(H3,22,23,24);6-7H,1-5H2. The zero-order chi connectivity index (χ0) is 23.0. The summed E-state index contributed by atoms with van der Waals surface area (Å²) in [5.41, 5.74) is 12.8. The molecule has 2 aromatic heterocycles. The molecular formula is C27H38N4O2. The highest BCUT2D eigenvalue weighted by Crippen LogP contribution is 2.32. The summed E-state index contributed by atoms with van der Waals surface area (Å²) in [4.78, 5) is 10.4. The number of aliphatic hydroxyl groups is 1. The lowest BCUT2D eigenvalue weighted by Gasteiger charge is -2.26. The normalized spacial score (nSPS) is 17.6. The lowest BCUT2D eigenvalue weighted by molar-refractivity contribution is 0.0342. The van der Waals surface area contributed by atoms with Crippen molar-refractivity contribution in [2.45, 2.75) is 64.5 Å². The number of aromatic amines is 1. The first-order chi connectivity index (χ1) is 16.1. The second-order valence-corrected chi connectivity index (χ2v) is 9.27. The van der Waals surface area contributed by atoms with Gasteiger partial charge in [0.1, 0.15) is 5.65 Å². The summed E-state index contributed by atoms with van der Waals surface area (Å²) >= 11 is 0. The number of morpholine rings is 1. The molecule has 1 aromatic carbocycles. The third-order valence-corrected chi connectivity index (χ3v) is 6.62. The molecule has 0 spiro atoms. The molecule has 6 heteroatoms. The molecule has 0 amide bonds. The number of pyridine rings is 1.